The first-order chi connectivity index (χ1) is 8.17. The number of terminal acetylenes is 1. The van der Waals surface area contributed by atoms with Gasteiger partial charge in [0.15, 0.2) is 0 Å². The van der Waals surface area contributed by atoms with Crippen LogP contribution >= 0.6 is 11.8 Å². The van der Waals surface area contributed by atoms with Crippen molar-refractivity contribution in [3.63, 3.8) is 0 Å². The van der Waals surface area contributed by atoms with Crippen molar-refractivity contribution < 1.29 is 9.90 Å². The van der Waals surface area contributed by atoms with Crippen LogP contribution in [0.5, 0.6) is 0 Å². The Balaban J connectivity index is 2.81. The third-order valence-electron chi connectivity index (χ3n) is 2.30. The summed E-state index contributed by atoms with van der Waals surface area (Å²) in [6.07, 6.45) is 7.39. The smallest absolute Gasteiger partial charge is 0.305 e. The first kappa shape index (κ1) is 13.5. The highest BCUT2D eigenvalue weighted by molar-refractivity contribution is 7.98. The summed E-state index contributed by atoms with van der Waals surface area (Å²) in [4.78, 5) is 13.6. The molecule has 1 aromatic carbocycles. The molecular weight excluding hydrogens is 234 g/mol. The van der Waals surface area contributed by atoms with Gasteiger partial charge in [0.1, 0.15) is 0 Å². The molecule has 0 aromatic heterocycles. The van der Waals surface area contributed by atoms with Crippen LogP contribution in [0.2, 0.25) is 0 Å². The lowest BCUT2D eigenvalue weighted by molar-refractivity contribution is -0.136. The Morgan fingerprint density at radius 2 is 2.35 bits per heavy atom. The summed E-state index contributed by atoms with van der Waals surface area (Å²) >= 11 is 1.65. The summed E-state index contributed by atoms with van der Waals surface area (Å²) in [7, 11) is 0. The molecule has 90 valence electrons. The molecule has 3 nitrogen and oxygen atoms in total. The van der Waals surface area contributed by atoms with E-state index in [1.54, 1.807) is 11.8 Å². The number of hydrogen-bond acceptors (Lipinski definition) is 3. The Morgan fingerprint density at radius 1 is 1.59 bits per heavy atom. The zero-order valence-corrected chi connectivity index (χ0v) is 10.5. The molecule has 0 spiro atoms. The zero-order valence-electron chi connectivity index (χ0n) is 9.72. The lowest BCUT2D eigenvalue weighted by atomic mass is 10.2. The highest BCUT2D eigenvalue weighted by Gasteiger charge is 2.07. The number of rotatable bonds is 6. The minimum absolute atomic E-state index is 0.0885. The molecular formula is C13H15NO2S. The molecule has 0 aliphatic rings. The van der Waals surface area contributed by atoms with Gasteiger partial charge in [0, 0.05) is 17.1 Å². The molecule has 0 radical (unpaired) electrons. The summed E-state index contributed by atoms with van der Waals surface area (Å²) in [5, 5.41) is 8.70. The van der Waals surface area contributed by atoms with Gasteiger partial charge in [0.2, 0.25) is 0 Å². The highest BCUT2D eigenvalue weighted by atomic mass is 32.2. The molecule has 0 saturated heterocycles. The summed E-state index contributed by atoms with van der Waals surface area (Å²) in [6, 6.07) is 7.92. The van der Waals surface area contributed by atoms with E-state index in [-0.39, 0.29) is 6.42 Å². The highest BCUT2D eigenvalue weighted by Crippen LogP contribution is 2.22. The average Bonchev–Trinajstić information content (AvgIpc) is 2.34. The van der Waals surface area contributed by atoms with Crippen LogP contribution in [0.25, 0.3) is 0 Å². The Labute approximate surface area is 106 Å². The van der Waals surface area contributed by atoms with Crippen LogP contribution in [-0.4, -0.2) is 30.4 Å². The largest absolute Gasteiger partial charge is 0.481 e. The fraction of sp³-hybridized carbons (Fsp3) is 0.308. The van der Waals surface area contributed by atoms with Gasteiger partial charge < -0.3 is 10.0 Å². The molecule has 0 saturated carbocycles. The summed E-state index contributed by atoms with van der Waals surface area (Å²) in [6.45, 7) is 0.850. The van der Waals surface area contributed by atoms with Gasteiger partial charge in [-0.05, 0) is 24.5 Å². The first-order valence-electron chi connectivity index (χ1n) is 5.21. The van der Waals surface area contributed by atoms with Crippen molar-refractivity contribution >= 4 is 23.4 Å². The van der Waals surface area contributed by atoms with Crippen molar-refractivity contribution in [3.8, 4) is 12.3 Å². The standard InChI is InChI=1S/C13H15NO2S/c1-3-8-14(9-7-13(15)16)11-5-4-6-12(10-11)17-2/h1,4-6,10H,7-9H2,2H3,(H,15,16). The van der Waals surface area contributed by atoms with Crippen molar-refractivity contribution in [2.75, 3.05) is 24.2 Å². The maximum atomic E-state index is 10.6. The van der Waals surface area contributed by atoms with Gasteiger partial charge in [0.25, 0.3) is 0 Å². The lowest BCUT2D eigenvalue weighted by Crippen LogP contribution is -2.26. The van der Waals surface area contributed by atoms with Crippen molar-refractivity contribution in [2.24, 2.45) is 0 Å². The predicted octanol–water partition coefficient (Wildman–Crippen LogP) is 2.32. The molecule has 1 N–H and O–H groups in total. The van der Waals surface area contributed by atoms with Crippen molar-refractivity contribution in [3.05, 3.63) is 24.3 Å². The van der Waals surface area contributed by atoms with Crippen LogP contribution in [-0.2, 0) is 4.79 Å². The topological polar surface area (TPSA) is 40.5 Å². The molecule has 4 heteroatoms. The number of benzene rings is 1. The number of hydrogen-bond donors (Lipinski definition) is 1. The maximum absolute atomic E-state index is 10.6. The van der Waals surface area contributed by atoms with Crippen molar-refractivity contribution in [1.82, 2.24) is 0 Å². The Kier molecular flexibility index (Phi) is 5.44. The number of carboxylic acid groups (broad SMARTS) is 1. The zero-order chi connectivity index (χ0) is 12.7. The van der Waals surface area contributed by atoms with E-state index in [0.29, 0.717) is 13.1 Å². The molecule has 0 unspecified atom stereocenters. The number of anilines is 1. The monoisotopic (exact) mass is 249 g/mol. The SMILES string of the molecule is C#CCN(CCC(=O)O)c1cccc(SC)c1. The van der Waals surface area contributed by atoms with Gasteiger partial charge in [-0.25, -0.2) is 0 Å². The third-order valence-corrected chi connectivity index (χ3v) is 3.02. The minimum Gasteiger partial charge on any atom is -0.481 e. The average molecular weight is 249 g/mol. The van der Waals surface area contributed by atoms with Gasteiger partial charge in [-0.2, -0.15) is 0 Å². The third kappa shape index (κ3) is 4.41. The second-order valence-electron chi connectivity index (χ2n) is 3.47. The van der Waals surface area contributed by atoms with Gasteiger partial charge in [0.05, 0.1) is 13.0 Å². The first-order valence-corrected chi connectivity index (χ1v) is 6.44. The molecule has 0 aliphatic carbocycles. The summed E-state index contributed by atoms with van der Waals surface area (Å²) in [5.74, 6) is 1.74. The summed E-state index contributed by atoms with van der Waals surface area (Å²) in [5.41, 5.74) is 0.969. The summed E-state index contributed by atoms with van der Waals surface area (Å²) < 4.78 is 0. The molecule has 17 heavy (non-hydrogen) atoms. The van der Waals surface area contributed by atoms with E-state index in [9.17, 15) is 4.79 Å². The van der Waals surface area contributed by atoms with E-state index in [2.05, 4.69) is 5.92 Å². The van der Waals surface area contributed by atoms with E-state index in [4.69, 9.17) is 11.5 Å². The van der Waals surface area contributed by atoms with Gasteiger partial charge in [-0.1, -0.05) is 12.0 Å². The van der Waals surface area contributed by atoms with Crippen LogP contribution in [0.1, 0.15) is 6.42 Å². The van der Waals surface area contributed by atoms with Crippen LogP contribution in [0.15, 0.2) is 29.2 Å². The van der Waals surface area contributed by atoms with Crippen LogP contribution in [0.3, 0.4) is 0 Å². The van der Waals surface area contributed by atoms with Crippen LogP contribution < -0.4 is 4.90 Å². The number of carbonyl (C=O) groups is 1. The lowest BCUT2D eigenvalue weighted by Gasteiger charge is -2.22. The van der Waals surface area contributed by atoms with E-state index < -0.39 is 5.97 Å². The number of carboxylic acids is 1. The van der Waals surface area contributed by atoms with Crippen molar-refractivity contribution in [2.45, 2.75) is 11.3 Å². The molecule has 0 aliphatic heterocycles. The van der Waals surface area contributed by atoms with Gasteiger partial charge >= 0.3 is 5.97 Å². The molecule has 0 atom stereocenters. The predicted molar refractivity (Wildman–Crippen MR) is 71.5 cm³/mol. The van der Waals surface area contributed by atoms with Crippen molar-refractivity contribution in [1.29, 1.82) is 0 Å². The number of aliphatic carboxylic acids is 1. The second-order valence-corrected chi connectivity index (χ2v) is 4.35. The van der Waals surface area contributed by atoms with E-state index in [0.717, 1.165) is 10.6 Å². The Morgan fingerprint density at radius 3 is 2.94 bits per heavy atom. The maximum Gasteiger partial charge on any atom is 0.305 e. The van der Waals surface area contributed by atoms with Gasteiger partial charge in [-0.15, -0.1) is 18.2 Å². The second kappa shape index (κ2) is 6.87. The fourth-order valence-electron chi connectivity index (χ4n) is 1.45. The van der Waals surface area contributed by atoms with E-state index in [1.165, 1.54) is 0 Å². The molecule has 0 fully saturated rings. The molecule has 0 bridgehead atoms. The molecule has 1 rings (SSSR count). The molecule has 0 heterocycles. The fourth-order valence-corrected chi connectivity index (χ4v) is 1.90. The molecule has 0 amide bonds. The quantitative estimate of drug-likeness (QED) is 0.620. The minimum atomic E-state index is -0.812. The number of nitrogens with zero attached hydrogens (tertiary/aromatic N) is 1. The van der Waals surface area contributed by atoms with Crippen LogP contribution in [0, 0.1) is 12.3 Å². The normalized spacial score (nSPS) is 9.65. The van der Waals surface area contributed by atoms with Gasteiger partial charge in [-0.3, -0.25) is 4.79 Å². The molecule has 1 aromatic rings. The van der Waals surface area contributed by atoms with E-state index >= 15 is 0 Å². The van der Waals surface area contributed by atoms with E-state index in [1.807, 2.05) is 35.4 Å². The Hall–Kier alpha value is -1.60. The van der Waals surface area contributed by atoms with Crippen LogP contribution in [0.4, 0.5) is 5.69 Å². The number of thioether (sulfide) groups is 1. The Bertz CT molecular complexity index is 426.